The minimum Gasteiger partial charge on any atom is -0.288 e. The third-order valence-electron chi connectivity index (χ3n) is 4.35. The predicted molar refractivity (Wildman–Crippen MR) is 113 cm³/mol. The van der Waals surface area contributed by atoms with Crippen molar-refractivity contribution in [2.75, 3.05) is 0 Å². The average molecular weight is 527 g/mol. The van der Waals surface area contributed by atoms with Gasteiger partial charge in [0.1, 0.15) is 4.32 Å². The number of benzene rings is 2. The second-order valence-electron chi connectivity index (χ2n) is 6.80. The van der Waals surface area contributed by atoms with E-state index in [9.17, 15) is 39.6 Å². The quantitative estimate of drug-likeness (QED) is 0.353. The molecule has 176 valence electrons. The molecule has 0 unspecified atom stereocenters. The lowest BCUT2D eigenvalue weighted by Crippen LogP contribution is -2.27. The number of carbonyl (C=O) groups excluding carboxylic acids is 1. The van der Waals surface area contributed by atoms with E-state index in [0.717, 1.165) is 16.7 Å². The highest BCUT2D eigenvalue weighted by Gasteiger charge is 2.38. The highest BCUT2D eigenvalue weighted by Crippen LogP contribution is 2.38. The number of hydrogen-bond acceptors (Lipinski definition) is 5. The van der Waals surface area contributed by atoms with E-state index in [1.165, 1.54) is 30.3 Å². The van der Waals surface area contributed by atoms with Crippen molar-refractivity contribution < 1.29 is 39.6 Å². The van der Waals surface area contributed by atoms with E-state index >= 15 is 0 Å². The van der Waals surface area contributed by atoms with E-state index in [0.29, 0.717) is 12.1 Å². The molecule has 2 aromatic carbocycles. The maximum atomic E-state index is 13.1. The first-order valence-electron chi connectivity index (χ1n) is 8.72. The number of sulfonamides is 1. The van der Waals surface area contributed by atoms with Crippen LogP contribution in [0.15, 0.2) is 52.3 Å². The van der Waals surface area contributed by atoms with Gasteiger partial charge in [-0.2, -0.15) is 26.3 Å². The van der Waals surface area contributed by atoms with Gasteiger partial charge in [-0.15, -0.1) is 0 Å². The van der Waals surface area contributed by atoms with Gasteiger partial charge in [-0.1, -0.05) is 36.1 Å². The molecule has 1 heterocycles. The van der Waals surface area contributed by atoms with Crippen molar-refractivity contribution in [1.29, 1.82) is 0 Å². The van der Waals surface area contributed by atoms with E-state index < -0.39 is 51.5 Å². The normalized spacial score (nSPS) is 16.7. The summed E-state index contributed by atoms with van der Waals surface area (Å²) in [6.45, 7) is -0.619. The number of rotatable bonds is 4. The summed E-state index contributed by atoms with van der Waals surface area (Å²) in [5.74, 6) is -0.753. The van der Waals surface area contributed by atoms with Crippen LogP contribution in [-0.4, -0.2) is 23.5 Å². The van der Waals surface area contributed by atoms with Crippen LogP contribution in [0.25, 0.3) is 6.08 Å². The van der Waals surface area contributed by atoms with Gasteiger partial charge in [0.25, 0.3) is 5.91 Å². The van der Waals surface area contributed by atoms with Gasteiger partial charge in [0.2, 0.25) is 10.0 Å². The monoisotopic (exact) mass is 526 g/mol. The summed E-state index contributed by atoms with van der Waals surface area (Å²) in [5, 5.41) is 5.07. The van der Waals surface area contributed by atoms with Crippen molar-refractivity contribution in [1.82, 2.24) is 4.90 Å². The molecule has 1 fully saturated rings. The number of halogens is 6. The van der Waals surface area contributed by atoms with Crippen LogP contribution in [0.3, 0.4) is 0 Å². The summed E-state index contributed by atoms with van der Waals surface area (Å²) in [6, 6.07) is 6.33. The van der Waals surface area contributed by atoms with Gasteiger partial charge in [-0.25, -0.2) is 13.6 Å². The fourth-order valence-electron chi connectivity index (χ4n) is 2.86. The highest BCUT2D eigenvalue weighted by atomic mass is 32.2. The first kappa shape index (κ1) is 25.2. The minimum absolute atomic E-state index is 0.00775. The van der Waals surface area contributed by atoms with Crippen molar-refractivity contribution in [3.05, 3.63) is 69.6 Å². The van der Waals surface area contributed by atoms with Crippen LogP contribution in [0.5, 0.6) is 0 Å². The molecule has 2 N–H and O–H groups in total. The van der Waals surface area contributed by atoms with Gasteiger partial charge < -0.3 is 0 Å². The highest BCUT2D eigenvalue weighted by molar-refractivity contribution is 8.26. The van der Waals surface area contributed by atoms with Crippen molar-refractivity contribution >= 4 is 50.3 Å². The number of nitrogens with two attached hydrogens (primary N) is 1. The first-order chi connectivity index (χ1) is 15.1. The van der Waals surface area contributed by atoms with Gasteiger partial charge in [0, 0.05) is 0 Å². The molecule has 0 aliphatic carbocycles. The van der Waals surface area contributed by atoms with Gasteiger partial charge in [0.15, 0.2) is 0 Å². The van der Waals surface area contributed by atoms with Crippen LogP contribution in [0, 0.1) is 0 Å². The van der Waals surface area contributed by atoms with Crippen molar-refractivity contribution in [3.8, 4) is 0 Å². The fraction of sp³-hybridized carbons (Fsp3) is 0.158. The second kappa shape index (κ2) is 8.74. The Hall–Kier alpha value is -2.42. The summed E-state index contributed by atoms with van der Waals surface area (Å²) in [7, 11) is -4.01. The molecule has 1 amide bonds. The van der Waals surface area contributed by atoms with Crippen molar-refractivity contribution in [2.24, 2.45) is 5.14 Å². The maximum absolute atomic E-state index is 13.1. The lowest BCUT2D eigenvalue weighted by molar-refractivity contribution is -0.143. The van der Waals surface area contributed by atoms with Crippen molar-refractivity contribution in [2.45, 2.75) is 23.8 Å². The Labute approximate surface area is 193 Å². The Morgan fingerprint density at radius 3 is 2.09 bits per heavy atom. The number of amides is 1. The van der Waals surface area contributed by atoms with Gasteiger partial charge in [-0.3, -0.25) is 9.69 Å². The molecule has 5 nitrogen and oxygen atoms in total. The van der Waals surface area contributed by atoms with E-state index in [4.69, 9.17) is 17.4 Å². The zero-order chi connectivity index (χ0) is 24.8. The number of thiocarbonyl (C=S) groups is 1. The van der Waals surface area contributed by atoms with Crippen LogP contribution in [0.1, 0.15) is 22.3 Å². The number of primary sulfonamides is 1. The molecule has 14 heteroatoms. The number of nitrogens with zero attached hydrogens (tertiary/aromatic N) is 1. The predicted octanol–water partition coefficient (Wildman–Crippen LogP) is 4.77. The molecule has 0 aromatic heterocycles. The lowest BCUT2D eigenvalue weighted by atomic mass is 10.0. The van der Waals surface area contributed by atoms with E-state index in [2.05, 4.69) is 0 Å². The standard InChI is InChI=1S/C19H12F6N2O3S3/c20-18(21,22)12-4-11(5-13(8-12)19(23,24)25)9-27-16(28)15(32-17(27)31)7-10-2-1-3-14(6-10)33(26,29)30/h1-8H,9H2,(H2,26,29,30)/b15-7-. The van der Waals surface area contributed by atoms with E-state index in [1.54, 1.807) is 0 Å². The SMILES string of the molecule is NS(=O)(=O)c1cccc(/C=C2\SC(=S)N(Cc3cc(C(F)(F)F)cc(C(F)(F)F)c3)C2=O)c1. The fourth-order valence-corrected chi connectivity index (χ4v) is 4.69. The lowest BCUT2D eigenvalue weighted by Gasteiger charge is -2.18. The Morgan fingerprint density at radius 2 is 1.58 bits per heavy atom. The Kier molecular flexibility index (Phi) is 6.68. The molecule has 0 bridgehead atoms. The molecule has 0 saturated carbocycles. The molecule has 0 radical (unpaired) electrons. The Balaban J connectivity index is 1.93. The molecule has 0 atom stereocenters. The molecule has 1 saturated heterocycles. The molecule has 3 rings (SSSR count). The molecular formula is C19H12F6N2O3S3. The first-order valence-corrected chi connectivity index (χ1v) is 11.5. The largest absolute Gasteiger partial charge is 0.416 e. The second-order valence-corrected chi connectivity index (χ2v) is 10.0. The van der Waals surface area contributed by atoms with Crippen LogP contribution >= 0.6 is 24.0 Å². The van der Waals surface area contributed by atoms with Crippen molar-refractivity contribution in [3.63, 3.8) is 0 Å². The topological polar surface area (TPSA) is 80.5 Å². The van der Waals surface area contributed by atoms with Crippen LogP contribution in [-0.2, 0) is 33.7 Å². The minimum atomic E-state index is -5.03. The third kappa shape index (κ3) is 5.93. The molecule has 0 spiro atoms. The summed E-state index contributed by atoms with van der Waals surface area (Å²) in [5.41, 5.74) is -3.15. The van der Waals surface area contributed by atoms with Gasteiger partial charge in [0.05, 0.1) is 27.5 Å². The van der Waals surface area contributed by atoms with Gasteiger partial charge >= 0.3 is 12.4 Å². The average Bonchev–Trinajstić information content (AvgIpc) is 2.93. The van der Waals surface area contributed by atoms with Gasteiger partial charge in [-0.05, 0) is 47.5 Å². The summed E-state index contributed by atoms with van der Waals surface area (Å²) >= 11 is 5.85. The summed E-state index contributed by atoms with van der Waals surface area (Å²) < 4.78 is 101. The van der Waals surface area contributed by atoms with E-state index in [-0.39, 0.29) is 25.8 Å². The van der Waals surface area contributed by atoms with Crippen LogP contribution < -0.4 is 5.14 Å². The smallest absolute Gasteiger partial charge is 0.288 e. The Morgan fingerprint density at radius 1 is 1.00 bits per heavy atom. The zero-order valence-corrected chi connectivity index (χ0v) is 18.5. The molecule has 33 heavy (non-hydrogen) atoms. The number of hydrogen-bond donors (Lipinski definition) is 1. The number of carbonyl (C=O) groups is 1. The molecule has 1 aliphatic heterocycles. The van der Waals surface area contributed by atoms with Crippen LogP contribution in [0.4, 0.5) is 26.3 Å². The summed E-state index contributed by atoms with van der Waals surface area (Å²) in [6.07, 6.45) is -8.76. The maximum Gasteiger partial charge on any atom is 0.416 e. The molecular weight excluding hydrogens is 514 g/mol. The third-order valence-corrected chi connectivity index (χ3v) is 6.63. The molecule has 2 aromatic rings. The van der Waals surface area contributed by atoms with Crippen LogP contribution in [0.2, 0.25) is 0 Å². The zero-order valence-electron chi connectivity index (χ0n) is 16.1. The summed E-state index contributed by atoms with van der Waals surface area (Å²) in [4.78, 5) is 13.4. The van der Waals surface area contributed by atoms with E-state index in [1.807, 2.05) is 0 Å². The number of thioether (sulfide) groups is 1. The molecule has 1 aliphatic rings. The number of alkyl halides is 6. The Bertz CT molecular complexity index is 1240.